The van der Waals surface area contributed by atoms with E-state index in [1.807, 2.05) is 0 Å². The minimum Gasteiger partial charge on any atom is -0.366 e. The van der Waals surface area contributed by atoms with Crippen LogP contribution in [0.25, 0.3) is 0 Å². The third-order valence-electron chi connectivity index (χ3n) is 1.94. The number of nitrogens with two attached hydrogens (primary N) is 2. The summed E-state index contributed by atoms with van der Waals surface area (Å²) >= 11 is 0. The predicted molar refractivity (Wildman–Crippen MR) is 61.9 cm³/mol. The van der Waals surface area contributed by atoms with Crippen LogP contribution >= 0.6 is 0 Å². The van der Waals surface area contributed by atoms with Crippen LogP contribution in [0.5, 0.6) is 0 Å². The molecule has 0 aromatic heterocycles. The third kappa shape index (κ3) is 3.70. The summed E-state index contributed by atoms with van der Waals surface area (Å²) in [6.07, 6.45) is 0.237. The maximum atomic E-state index is 11.4. The van der Waals surface area contributed by atoms with Gasteiger partial charge in [-0.25, -0.2) is 0 Å². The van der Waals surface area contributed by atoms with E-state index in [0.29, 0.717) is 11.3 Å². The van der Waals surface area contributed by atoms with Gasteiger partial charge < -0.3 is 16.8 Å². The van der Waals surface area contributed by atoms with Gasteiger partial charge in [0.05, 0.1) is 0 Å². The van der Waals surface area contributed by atoms with Crippen molar-refractivity contribution in [3.8, 4) is 0 Å². The first-order valence-corrected chi connectivity index (χ1v) is 4.94. The molecule has 0 spiro atoms. The molecule has 1 unspecified atom stereocenters. The van der Waals surface area contributed by atoms with E-state index in [1.54, 1.807) is 25.1 Å². The lowest BCUT2D eigenvalue weighted by atomic mass is 10.2. The van der Waals surface area contributed by atoms with Gasteiger partial charge in [-0.05, 0) is 25.1 Å². The van der Waals surface area contributed by atoms with Crippen LogP contribution in [-0.4, -0.2) is 17.9 Å². The topological polar surface area (TPSA) is 98.2 Å². The Hall–Kier alpha value is -1.88. The van der Waals surface area contributed by atoms with Gasteiger partial charge in [-0.2, -0.15) is 0 Å². The summed E-state index contributed by atoms with van der Waals surface area (Å²) in [5, 5.41) is 2.64. The lowest BCUT2D eigenvalue weighted by Gasteiger charge is -2.07. The van der Waals surface area contributed by atoms with E-state index in [9.17, 15) is 9.59 Å². The van der Waals surface area contributed by atoms with Gasteiger partial charge >= 0.3 is 0 Å². The van der Waals surface area contributed by atoms with Gasteiger partial charge in [0.15, 0.2) is 0 Å². The van der Waals surface area contributed by atoms with Gasteiger partial charge in [-0.3, -0.25) is 9.59 Å². The SMILES string of the molecule is CC(N)CC(=O)Nc1cccc(C(N)=O)c1. The second kappa shape index (κ2) is 5.27. The van der Waals surface area contributed by atoms with Crippen molar-refractivity contribution >= 4 is 17.5 Å². The van der Waals surface area contributed by atoms with E-state index < -0.39 is 5.91 Å². The van der Waals surface area contributed by atoms with Gasteiger partial charge in [0, 0.05) is 23.7 Å². The molecule has 0 aliphatic carbocycles. The highest BCUT2D eigenvalue weighted by Crippen LogP contribution is 2.10. The summed E-state index contributed by atoms with van der Waals surface area (Å²) < 4.78 is 0. The Kier molecular flexibility index (Phi) is 4.02. The smallest absolute Gasteiger partial charge is 0.248 e. The number of hydrogen-bond donors (Lipinski definition) is 3. The van der Waals surface area contributed by atoms with Crippen LogP contribution in [0.4, 0.5) is 5.69 Å². The zero-order valence-corrected chi connectivity index (χ0v) is 9.07. The highest BCUT2D eigenvalue weighted by Gasteiger charge is 2.06. The van der Waals surface area contributed by atoms with E-state index >= 15 is 0 Å². The first-order valence-electron chi connectivity index (χ1n) is 4.94. The Morgan fingerprint density at radius 2 is 2.12 bits per heavy atom. The monoisotopic (exact) mass is 221 g/mol. The Balaban J connectivity index is 2.70. The first-order chi connectivity index (χ1) is 7.49. The summed E-state index contributed by atoms with van der Waals surface area (Å²) in [6, 6.07) is 6.26. The van der Waals surface area contributed by atoms with Crippen molar-refractivity contribution in [2.24, 2.45) is 11.5 Å². The van der Waals surface area contributed by atoms with E-state index in [1.165, 1.54) is 6.07 Å². The number of rotatable bonds is 4. The average molecular weight is 221 g/mol. The lowest BCUT2D eigenvalue weighted by Crippen LogP contribution is -2.24. The van der Waals surface area contributed by atoms with E-state index in [-0.39, 0.29) is 18.4 Å². The number of amides is 2. The largest absolute Gasteiger partial charge is 0.366 e. The molecular weight excluding hydrogens is 206 g/mol. The molecule has 5 N–H and O–H groups in total. The number of primary amides is 1. The maximum absolute atomic E-state index is 11.4. The molecule has 1 atom stereocenters. The Labute approximate surface area is 93.8 Å². The molecule has 0 radical (unpaired) electrons. The van der Waals surface area contributed by atoms with Crippen molar-refractivity contribution < 1.29 is 9.59 Å². The van der Waals surface area contributed by atoms with Crippen molar-refractivity contribution in [2.75, 3.05) is 5.32 Å². The minimum absolute atomic E-state index is 0.184. The number of carbonyl (C=O) groups excluding carboxylic acids is 2. The highest BCUT2D eigenvalue weighted by molar-refractivity contribution is 5.96. The average Bonchev–Trinajstić information content (AvgIpc) is 2.16. The van der Waals surface area contributed by atoms with Crippen LogP contribution in [0.1, 0.15) is 23.7 Å². The summed E-state index contributed by atoms with van der Waals surface area (Å²) in [6.45, 7) is 1.75. The second-order valence-electron chi connectivity index (χ2n) is 3.67. The quantitative estimate of drug-likeness (QED) is 0.688. The molecule has 86 valence electrons. The zero-order valence-electron chi connectivity index (χ0n) is 9.07. The summed E-state index contributed by atoms with van der Waals surface area (Å²) in [5.41, 5.74) is 11.5. The number of hydrogen-bond acceptors (Lipinski definition) is 3. The molecule has 2 amide bonds. The standard InChI is InChI=1S/C11H15N3O2/c1-7(12)5-10(15)14-9-4-2-3-8(6-9)11(13)16/h2-4,6-7H,5,12H2,1H3,(H2,13,16)(H,14,15). The van der Waals surface area contributed by atoms with Gasteiger partial charge in [0.25, 0.3) is 0 Å². The van der Waals surface area contributed by atoms with Crippen LogP contribution in [0.3, 0.4) is 0 Å². The van der Waals surface area contributed by atoms with Crippen molar-refractivity contribution in [3.63, 3.8) is 0 Å². The molecule has 1 rings (SSSR count). The van der Waals surface area contributed by atoms with Crippen LogP contribution in [0, 0.1) is 0 Å². The Bertz CT molecular complexity index is 402. The fourth-order valence-corrected chi connectivity index (χ4v) is 1.25. The van der Waals surface area contributed by atoms with E-state index in [4.69, 9.17) is 11.5 Å². The highest BCUT2D eigenvalue weighted by atomic mass is 16.2. The molecule has 0 fully saturated rings. The predicted octanol–water partition coefficient (Wildman–Crippen LogP) is 0.461. The molecule has 0 aliphatic heterocycles. The number of benzene rings is 1. The maximum Gasteiger partial charge on any atom is 0.248 e. The number of nitrogens with one attached hydrogen (secondary N) is 1. The molecule has 16 heavy (non-hydrogen) atoms. The number of anilines is 1. The van der Waals surface area contributed by atoms with Gasteiger partial charge in [0.2, 0.25) is 11.8 Å². The summed E-state index contributed by atoms with van der Waals surface area (Å²) in [4.78, 5) is 22.3. The van der Waals surface area contributed by atoms with Crippen LogP contribution in [-0.2, 0) is 4.79 Å². The molecule has 0 bridgehead atoms. The molecule has 5 heteroatoms. The molecule has 1 aromatic carbocycles. The Morgan fingerprint density at radius 1 is 1.44 bits per heavy atom. The van der Waals surface area contributed by atoms with Crippen molar-refractivity contribution in [3.05, 3.63) is 29.8 Å². The normalized spacial score (nSPS) is 11.9. The van der Waals surface area contributed by atoms with Crippen molar-refractivity contribution in [1.29, 1.82) is 0 Å². The van der Waals surface area contributed by atoms with Crippen molar-refractivity contribution in [1.82, 2.24) is 0 Å². The first kappa shape index (κ1) is 12.2. The van der Waals surface area contributed by atoms with Crippen LogP contribution < -0.4 is 16.8 Å². The summed E-state index contributed by atoms with van der Waals surface area (Å²) in [5.74, 6) is -0.708. The molecule has 0 saturated carbocycles. The zero-order chi connectivity index (χ0) is 12.1. The summed E-state index contributed by atoms with van der Waals surface area (Å²) in [7, 11) is 0. The molecule has 5 nitrogen and oxygen atoms in total. The minimum atomic E-state index is -0.525. The Morgan fingerprint density at radius 3 is 2.69 bits per heavy atom. The van der Waals surface area contributed by atoms with Crippen LogP contribution in [0.15, 0.2) is 24.3 Å². The van der Waals surface area contributed by atoms with E-state index in [2.05, 4.69) is 5.32 Å². The van der Waals surface area contributed by atoms with Gasteiger partial charge in [-0.15, -0.1) is 0 Å². The fraction of sp³-hybridized carbons (Fsp3) is 0.273. The van der Waals surface area contributed by atoms with E-state index in [0.717, 1.165) is 0 Å². The lowest BCUT2D eigenvalue weighted by molar-refractivity contribution is -0.116. The van der Waals surface area contributed by atoms with Gasteiger partial charge in [-0.1, -0.05) is 6.07 Å². The number of carbonyl (C=O) groups is 2. The van der Waals surface area contributed by atoms with Gasteiger partial charge in [0.1, 0.15) is 0 Å². The third-order valence-corrected chi connectivity index (χ3v) is 1.94. The van der Waals surface area contributed by atoms with Crippen LogP contribution in [0.2, 0.25) is 0 Å². The molecule has 0 heterocycles. The van der Waals surface area contributed by atoms with Crippen molar-refractivity contribution in [2.45, 2.75) is 19.4 Å². The molecular formula is C11H15N3O2. The fourth-order valence-electron chi connectivity index (χ4n) is 1.25. The molecule has 0 aliphatic rings. The molecule has 1 aromatic rings. The molecule has 0 saturated heterocycles. The second-order valence-corrected chi connectivity index (χ2v) is 3.67.